The van der Waals surface area contributed by atoms with Crippen LogP contribution in [0.4, 0.5) is 14.6 Å². The molecule has 0 aliphatic heterocycles. The molecule has 152 valence electrons. The lowest BCUT2D eigenvalue weighted by Crippen LogP contribution is -2.17. The Labute approximate surface area is 171 Å². The van der Waals surface area contributed by atoms with Crippen LogP contribution in [0.15, 0.2) is 59.4 Å². The van der Waals surface area contributed by atoms with E-state index in [9.17, 15) is 8.78 Å². The van der Waals surface area contributed by atoms with Crippen molar-refractivity contribution >= 4 is 22.6 Å². The summed E-state index contributed by atoms with van der Waals surface area (Å²) in [6, 6.07) is 7.51. The lowest BCUT2D eigenvalue weighted by atomic mass is 10.2. The Kier molecular flexibility index (Phi) is 6.32. The number of nitrogens with zero attached hydrogens (tertiary/aromatic N) is 5. The highest BCUT2D eigenvalue weighted by Crippen LogP contribution is 2.24. The number of rotatable bonds is 7. The first-order valence-corrected chi connectivity index (χ1v) is 9.58. The monoisotopic (exact) mass is 417 g/mol. The van der Waals surface area contributed by atoms with Gasteiger partial charge in [0.05, 0.1) is 23.3 Å². The predicted octanol–water partition coefficient (Wildman–Crippen LogP) is 3.86. The molecule has 2 heterocycles. The van der Waals surface area contributed by atoms with Crippen LogP contribution >= 0.6 is 11.8 Å². The SMILES string of the molecule is C=C(Nc1ccn(Cc2cccc(F)c2F)n1)S/C(=N\N)C(C)n1ccc(C)n1. The Bertz CT molecular complexity index is 1040. The third-order valence-electron chi connectivity index (χ3n) is 4.12. The van der Waals surface area contributed by atoms with Gasteiger partial charge in [-0.15, -0.1) is 0 Å². The zero-order valence-corrected chi connectivity index (χ0v) is 16.8. The standard InChI is InChI=1S/C19H21F2N7S/c1-12-7-10-28(25-12)13(2)19(24-22)29-14(3)23-17-8-9-27(26-17)11-15-5-4-6-16(20)18(15)21/h4-10,13H,3,11,22H2,1-2H3,(H,23,26)/b24-19-. The molecule has 0 amide bonds. The topological polar surface area (TPSA) is 86.0 Å². The van der Waals surface area contributed by atoms with Crippen molar-refractivity contribution in [3.8, 4) is 0 Å². The second-order valence-electron chi connectivity index (χ2n) is 6.34. The minimum Gasteiger partial charge on any atom is -0.334 e. The normalized spacial score (nSPS) is 12.8. The molecule has 3 N–H and O–H groups in total. The highest BCUT2D eigenvalue weighted by Gasteiger charge is 2.16. The second-order valence-corrected chi connectivity index (χ2v) is 7.46. The summed E-state index contributed by atoms with van der Waals surface area (Å²) in [4.78, 5) is 0. The van der Waals surface area contributed by atoms with Crippen LogP contribution in [-0.4, -0.2) is 24.6 Å². The van der Waals surface area contributed by atoms with E-state index >= 15 is 0 Å². The van der Waals surface area contributed by atoms with Crippen molar-refractivity contribution in [2.45, 2.75) is 26.4 Å². The smallest absolute Gasteiger partial charge is 0.163 e. The van der Waals surface area contributed by atoms with Crippen molar-refractivity contribution in [1.29, 1.82) is 0 Å². The molecule has 3 aromatic rings. The molecule has 10 heteroatoms. The molecule has 0 radical (unpaired) electrons. The van der Waals surface area contributed by atoms with Crippen LogP contribution in [0, 0.1) is 18.6 Å². The van der Waals surface area contributed by atoms with E-state index in [4.69, 9.17) is 5.84 Å². The number of halogens is 2. The number of hydrogen-bond donors (Lipinski definition) is 2. The molecule has 0 fully saturated rings. The number of aromatic nitrogens is 4. The first kappa shape index (κ1) is 20.6. The van der Waals surface area contributed by atoms with Gasteiger partial charge in [0.2, 0.25) is 0 Å². The molecule has 2 aromatic heterocycles. The van der Waals surface area contributed by atoms with Crippen LogP contribution in [0.1, 0.15) is 24.2 Å². The molecule has 0 spiro atoms. The first-order valence-electron chi connectivity index (χ1n) is 8.77. The zero-order chi connectivity index (χ0) is 21.0. The van der Waals surface area contributed by atoms with Crippen molar-refractivity contribution in [3.63, 3.8) is 0 Å². The Balaban J connectivity index is 1.61. The van der Waals surface area contributed by atoms with E-state index in [1.807, 2.05) is 26.1 Å². The van der Waals surface area contributed by atoms with Gasteiger partial charge in [0.1, 0.15) is 5.04 Å². The molecule has 7 nitrogen and oxygen atoms in total. The minimum absolute atomic E-state index is 0.107. The van der Waals surface area contributed by atoms with Gasteiger partial charge in [-0.3, -0.25) is 9.36 Å². The third kappa shape index (κ3) is 5.02. The van der Waals surface area contributed by atoms with E-state index in [0.29, 0.717) is 15.9 Å². The second kappa shape index (κ2) is 8.91. The summed E-state index contributed by atoms with van der Waals surface area (Å²) in [5, 5.41) is 16.8. The molecule has 0 bridgehead atoms. The van der Waals surface area contributed by atoms with Gasteiger partial charge in [0.15, 0.2) is 17.5 Å². The van der Waals surface area contributed by atoms with E-state index < -0.39 is 11.6 Å². The molecule has 3 rings (SSSR count). The summed E-state index contributed by atoms with van der Waals surface area (Å²) in [5.41, 5.74) is 1.11. The van der Waals surface area contributed by atoms with Crippen molar-refractivity contribution in [3.05, 3.63) is 77.2 Å². The summed E-state index contributed by atoms with van der Waals surface area (Å²) in [7, 11) is 0. The number of thioether (sulfide) groups is 1. The van der Waals surface area contributed by atoms with E-state index in [-0.39, 0.29) is 18.2 Å². The average molecular weight is 417 g/mol. The highest BCUT2D eigenvalue weighted by molar-refractivity contribution is 8.17. The largest absolute Gasteiger partial charge is 0.334 e. The van der Waals surface area contributed by atoms with Crippen LogP contribution < -0.4 is 11.2 Å². The molecular formula is C19H21F2N7S. The van der Waals surface area contributed by atoms with Crippen molar-refractivity contribution < 1.29 is 8.78 Å². The van der Waals surface area contributed by atoms with Crippen LogP contribution in [-0.2, 0) is 6.54 Å². The van der Waals surface area contributed by atoms with Gasteiger partial charge in [-0.25, -0.2) is 8.78 Å². The molecule has 0 saturated heterocycles. The Morgan fingerprint density at radius 3 is 2.76 bits per heavy atom. The van der Waals surface area contributed by atoms with Crippen molar-refractivity contribution in [2.24, 2.45) is 10.9 Å². The maximum Gasteiger partial charge on any atom is 0.163 e. The van der Waals surface area contributed by atoms with E-state index in [1.54, 1.807) is 16.9 Å². The average Bonchev–Trinajstić information content (AvgIpc) is 3.32. The van der Waals surface area contributed by atoms with Gasteiger partial charge >= 0.3 is 0 Å². The van der Waals surface area contributed by atoms with Crippen LogP contribution in [0.3, 0.4) is 0 Å². The summed E-state index contributed by atoms with van der Waals surface area (Å²) >= 11 is 1.27. The maximum absolute atomic E-state index is 13.8. The fraction of sp³-hybridized carbons (Fsp3) is 0.211. The number of anilines is 1. The number of hydrogen-bond acceptors (Lipinski definition) is 6. The van der Waals surface area contributed by atoms with Gasteiger partial charge in [-0.1, -0.05) is 30.5 Å². The Hall–Kier alpha value is -3.14. The van der Waals surface area contributed by atoms with Gasteiger partial charge in [0.25, 0.3) is 0 Å². The number of hydrazone groups is 1. The van der Waals surface area contributed by atoms with Crippen LogP contribution in [0.5, 0.6) is 0 Å². The van der Waals surface area contributed by atoms with E-state index in [2.05, 4.69) is 27.2 Å². The number of nitrogens with one attached hydrogen (secondary N) is 1. The van der Waals surface area contributed by atoms with Crippen molar-refractivity contribution in [1.82, 2.24) is 19.6 Å². The summed E-state index contributed by atoms with van der Waals surface area (Å²) in [6.45, 7) is 7.91. The van der Waals surface area contributed by atoms with Crippen LogP contribution in [0.25, 0.3) is 0 Å². The fourth-order valence-corrected chi connectivity index (χ4v) is 3.38. The predicted molar refractivity (Wildman–Crippen MR) is 111 cm³/mol. The lowest BCUT2D eigenvalue weighted by Gasteiger charge is -2.15. The molecule has 0 aliphatic carbocycles. The van der Waals surface area contributed by atoms with E-state index in [0.717, 1.165) is 11.8 Å². The summed E-state index contributed by atoms with van der Waals surface area (Å²) < 4.78 is 30.4. The summed E-state index contributed by atoms with van der Waals surface area (Å²) in [5.74, 6) is 4.31. The molecule has 1 unspecified atom stereocenters. The summed E-state index contributed by atoms with van der Waals surface area (Å²) in [6.07, 6.45) is 3.52. The highest BCUT2D eigenvalue weighted by atomic mass is 32.2. The molecule has 0 saturated carbocycles. The molecule has 0 aliphatic rings. The lowest BCUT2D eigenvalue weighted by molar-refractivity contribution is 0.492. The maximum atomic E-state index is 13.8. The van der Waals surface area contributed by atoms with E-state index in [1.165, 1.54) is 28.6 Å². The fourth-order valence-electron chi connectivity index (χ4n) is 2.64. The molecule has 29 heavy (non-hydrogen) atoms. The Morgan fingerprint density at radius 2 is 2.07 bits per heavy atom. The zero-order valence-electron chi connectivity index (χ0n) is 16.0. The Morgan fingerprint density at radius 1 is 1.28 bits per heavy atom. The molecule has 1 aromatic carbocycles. The number of benzene rings is 1. The molecule has 1 atom stereocenters. The van der Waals surface area contributed by atoms with Crippen LogP contribution in [0.2, 0.25) is 0 Å². The van der Waals surface area contributed by atoms with Gasteiger partial charge in [0, 0.05) is 24.0 Å². The number of nitrogens with two attached hydrogens (primary N) is 1. The van der Waals surface area contributed by atoms with Crippen molar-refractivity contribution in [2.75, 3.05) is 5.32 Å². The quantitative estimate of drug-likeness (QED) is 0.264. The van der Waals surface area contributed by atoms with Gasteiger partial charge < -0.3 is 11.2 Å². The molecular weight excluding hydrogens is 396 g/mol. The minimum atomic E-state index is -0.882. The number of aryl methyl sites for hydroxylation is 1. The van der Waals surface area contributed by atoms with Gasteiger partial charge in [-0.2, -0.15) is 15.3 Å². The third-order valence-corrected chi connectivity index (χ3v) is 5.13. The van der Waals surface area contributed by atoms with Gasteiger partial charge in [-0.05, 0) is 26.0 Å². The first-order chi connectivity index (χ1) is 13.9.